The van der Waals surface area contributed by atoms with Crippen LogP contribution in [-0.2, 0) is 4.79 Å². The molecule has 0 spiro atoms. The molecule has 0 unspecified atom stereocenters. The second-order valence-corrected chi connectivity index (χ2v) is 6.13. The Morgan fingerprint density at radius 3 is 2.85 bits per heavy atom. The molecule has 1 amide bonds. The van der Waals surface area contributed by atoms with Gasteiger partial charge in [-0.25, -0.2) is 0 Å². The fourth-order valence-corrected chi connectivity index (χ4v) is 3.13. The fourth-order valence-electron chi connectivity index (χ4n) is 2.22. The van der Waals surface area contributed by atoms with Crippen LogP contribution < -0.4 is 0 Å². The van der Waals surface area contributed by atoms with Crippen LogP contribution in [0.5, 0.6) is 5.88 Å². The van der Waals surface area contributed by atoms with Gasteiger partial charge in [0.15, 0.2) is 5.69 Å². The smallest absolute Gasteiger partial charge is 0.261 e. The van der Waals surface area contributed by atoms with Gasteiger partial charge in [0.25, 0.3) is 5.91 Å². The molecule has 0 atom stereocenters. The minimum absolute atomic E-state index is 0.0394. The molecule has 5 nitrogen and oxygen atoms in total. The highest BCUT2D eigenvalue weighted by atomic mass is 35.5. The molecule has 0 aliphatic carbocycles. The number of nitrogens with zero attached hydrogens (tertiary/aromatic N) is 3. The van der Waals surface area contributed by atoms with Gasteiger partial charge in [0.2, 0.25) is 5.88 Å². The van der Waals surface area contributed by atoms with Gasteiger partial charge in [-0.3, -0.25) is 4.79 Å². The van der Waals surface area contributed by atoms with Gasteiger partial charge in [0.1, 0.15) is 0 Å². The van der Waals surface area contributed by atoms with Gasteiger partial charge < -0.3 is 9.67 Å². The summed E-state index contributed by atoms with van der Waals surface area (Å²) in [6, 6.07) is 5.60. The molecule has 1 aromatic carbocycles. The average Bonchev–Trinajstić information content (AvgIpc) is 2.58. The third-order valence-electron chi connectivity index (χ3n) is 3.19. The molecular formula is C13H12ClN3O2S. The maximum absolute atomic E-state index is 11.0. The summed E-state index contributed by atoms with van der Waals surface area (Å²) >= 11 is 7.83. The van der Waals surface area contributed by atoms with E-state index in [-0.39, 0.29) is 11.9 Å². The van der Waals surface area contributed by atoms with E-state index in [0.717, 1.165) is 17.0 Å². The Hall–Kier alpha value is -1.53. The van der Waals surface area contributed by atoms with Crippen LogP contribution in [0.25, 0.3) is 10.9 Å². The van der Waals surface area contributed by atoms with E-state index in [2.05, 4.69) is 10.2 Å². The highest BCUT2D eigenvalue weighted by molar-refractivity contribution is 8.00. The molecule has 0 bridgehead atoms. The van der Waals surface area contributed by atoms with Crippen molar-refractivity contribution in [2.75, 3.05) is 11.5 Å². The molecule has 7 heteroatoms. The second-order valence-electron chi connectivity index (χ2n) is 4.61. The molecule has 0 saturated carbocycles. The zero-order valence-electron chi connectivity index (χ0n) is 10.7. The summed E-state index contributed by atoms with van der Waals surface area (Å²) in [5.41, 5.74) is 1.16. The van der Waals surface area contributed by atoms with E-state index >= 15 is 0 Å². The molecule has 1 aliphatic heterocycles. The first kappa shape index (κ1) is 13.5. The van der Waals surface area contributed by atoms with E-state index < -0.39 is 5.91 Å². The lowest BCUT2D eigenvalue weighted by Gasteiger charge is -2.27. The van der Waals surface area contributed by atoms with Crippen molar-refractivity contribution in [2.45, 2.75) is 13.0 Å². The van der Waals surface area contributed by atoms with Crippen LogP contribution in [0.1, 0.15) is 13.0 Å². The lowest BCUT2D eigenvalue weighted by Crippen LogP contribution is -2.22. The molecule has 20 heavy (non-hydrogen) atoms. The quantitative estimate of drug-likeness (QED) is 0.855. The van der Waals surface area contributed by atoms with Gasteiger partial charge in [-0.05, 0) is 18.2 Å². The molecule has 2 aromatic rings. The van der Waals surface area contributed by atoms with Gasteiger partial charge in [-0.1, -0.05) is 11.6 Å². The number of carbonyl (C=O) groups excluding carboxylic acids is 1. The van der Waals surface area contributed by atoms with Gasteiger partial charge in [0.05, 0.1) is 11.6 Å². The summed E-state index contributed by atoms with van der Waals surface area (Å²) in [7, 11) is 0. The zero-order chi connectivity index (χ0) is 14.3. The van der Waals surface area contributed by atoms with Gasteiger partial charge >= 0.3 is 0 Å². The van der Waals surface area contributed by atoms with Crippen molar-refractivity contribution in [2.24, 2.45) is 10.2 Å². The van der Waals surface area contributed by atoms with Crippen molar-refractivity contribution < 1.29 is 9.90 Å². The van der Waals surface area contributed by atoms with Crippen molar-refractivity contribution in [3.05, 3.63) is 23.2 Å². The Balaban J connectivity index is 2.23. The minimum Gasteiger partial charge on any atom is -0.493 e. The lowest BCUT2D eigenvalue weighted by atomic mass is 10.2. The number of aromatic hydroxyl groups is 1. The predicted octanol–water partition coefficient (Wildman–Crippen LogP) is 3.92. The predicted molar refractivity (Wildman–Crippen MR) is 80.2 cm³/mol. The summed E-state index contributed by atoms with van der Waals surface area (Å²) < 4.78 is 1.84. The molecule has 1 saturated heterocycles. The number of halogens is 1. The van der Waals surface area contributed by atoms with E-state index in [9.17, 15) is 9.90 Å². The standard InChI is InChI=1S/C13H12ClN3O2S/c1-7(18)15-16-12-10-4-8(14)2-3-11(10)17(13(12)19)9-5-20-6-9/h2-4,9,19H,5-6H2,1H3. The summed E-state index contributed by atoms with van der Waals surface area (Å²) in [6.45, 7) is 1.31. The first-order valence-electron chi connectivity index (χ1n) is 6.10. The van der Waals surface area contributed by atoms with Crippen LogP contribution in [0.2, 0.25) is 5.02 Å². The number of hydrogen-bond acceptors (Lipinski definition) is 4. The number of thioether (sulfide) groups is 1. The Labute approximate surface area is 124 Å². The SMILES string of the molecule is CC(=O)N=Nc1c(O)n(C2CSC2)c2ccc(Cl)cc12. The van der Waals surface area contributed by atoms with Gasteiger partial charge in [0, 0.05) is 28.8 Å². The highest BCUT2D eigenvalue weighted by Crippen LogP contribution is 2.45. The molecule has 104 valence electrons. The number of benzene rings is 1. The monoisotopic (exact) mass is 309 g/mol. The van der Waals surface area contributed by atoms with Crippen molar-refractivity contribution in [1.82, 2.24) is 4.57 Å². The van der Waals surface area contributed by atoms with Crippen LogP contribution in [0.4, 0.5) is 5.69 Å². The number of azo groups is 1. The molecule has 1 fully saturated rings. The van der Waals surface area contributed by atoms with Gasteiger partial charge in [-0.2, -0.15) is 11.8 Å². The van der Waals surface area contributed by atoms with Gasteiger partial charge in [-0.15, -0.1) is 10.2 Å². The number of fused-ring (bicyclic) bond motifs is 1. The van der Waals surface area contributed by atoms with Crippen molar-refractivity contribution >= 4 is 45.9 Å². The van der Waals surface area contributed by atoms with Crippen LogP contribution >= 0.6 is 23.4 Å². The van der Waals surface area contributed by atoms with Crippen LogP contribution in [0, 0.1) is 0 Å². The second kappa shape index (κ2) is 5.10. The van der Waals surface area contributed by atoms with Crippen LogP contribution in [0.15, 0.2) is 28.4 Å². The highest BCUT2D eigenvalue weighted by Gasteiger charge is 2.27. The number of hydrogen-bond donors (Lipinski definition) is 1. The molecular weight excluding hydrogens is 298 g/mol. The fraction of sp³-hybridized carbons (Fsp3) is 0.308. The first-order valence-corrected chi connectivity index (χ1v) is 7.63. The molecule has 1 N–H and O–H groups in total. The summed E-state index contributed by atoms with van der Waals surface area (Å²) in [6.07, 6.45) is 0. The Morgan fingerprint density at radius 2 is 2.25 bits per heavy atom. The third-order valence-corrected chi connectivity index (χ3v) is 4.67. The summed E-state index contributed by atoms with van der Waals surface area (Å²) in [4.78, 5) is 11.0. The first-order chi connectivity index (χ1) is 9.58. The average molecular weight is 310 g/mol. The number of rotatable bonds is 2. The largest absolute Gasteiger partial charge is 0.493 e. The molecule has 0 radical (unpaired) electrons. The molecule has 1 aliphatic rings. The third kappa shape index (κ3) is 2.19. The number of amides is 1. The van der Waals surface area contributed by atoms with E-state index in [1.165, 1.54) is 6.92 Å². The molecule has 3 rings (SSSR count). The summed E-state index contributed by atoms with van der Waals surface area (Å²) in [5.74, 6) is 1.52. The van der Waals surface area contributed by atoms with E-state index in [4.69, 9.17) is 11.6 Å². The summed E-state index contributed by atoms with van der Waals surface area (Å²) in [5, 5.41) is 19.0. The minimum atomic E-state index is -0.411. The van der Waals surface area contributed by atoms with Crippen molar-refractivity contribution in [1.29, 1.82) is 0 Å². The lowest BCUT2D eigenvalue weighted by molar-refractivity contribution is -0.116. The van der Waals surface area contributed by atoms with E-state index in [0.29, 0.717) is 16.1 Å². The maximum atomic E-state index is 11.0. The number of carbonyl (C=O) groups is 1. The normalized spacial score (nSPS) is 15.9. The van der Waals surface area contributed by atoms with E-state index in [1.54, 1.807) is 12.1 Å². The van der Waals surface area contributed by atoms with Crippen LogP contribution in [0.3, 0.4) is 0 Å². The molecule has 1 aromatic heterocycles. The van der Waals surface area contributed by atoms with Crippen molar-refractivity contribution in [3.8, 4) is 5.88 Å². The number of aromatic nitrogens is 1. The maximum Gasteiger partial charge on any atom is 0.261 e. The van der Waals surface area contributed by atoms with Crippen molar-refractivity contribution in [3.63, 3.8) is 0 Å². The topological polar surface area (TPSA) is 66.9 Å². The zero-order valence-corrected chi connectivity index (χ0v) is 12.3. The Kier molecular flexibility index (Phi) is 3.43. The van der Waals surface area contributed by atoms with E-state index in [1.807, 2.05) is 22.4 Å². The Morgan fingerprint density at radius 1 is 1.50 bits per heavy atom. The molecule has 2 heterocycles. The Bertz CT molecular complexity index is 722. The van der Waals surface area contributed by atoms with Crippen LogP contribution in [-0.4, -0.2) is 27.1 Å².